The Bertz CT molecular complexity index is 357. The van der Waals surface area contributed by atoms with E-state index in [-0.39, 0.29) is 11.9 Å². The van der Waals surface area contributed by atoms with E-state index in [2.05, 4.69) is 4.74 Å². The molecule has 0 aliphatic carbocycles. The summed E-state index contributed by atoms with van der Waals surface area (Å²) in [5, 5.41) is 7.51. The predicted octanol–water partition coefficient (Wildman–Crippen LogP) is 1.84. The first-order valence-corrected chi connectivity index (χ1v) is 4.59. The van der Waals surface area contributed by atoms with Gasteiger partial charge >= 0.3 is 5.97 Å². The second kappa shape index (κ2) is 5.14. The van der Waals surface area contributed by atoms with Crippen LogP contribution in [0.1, 0.15) is 22.8 Å². The molecule has 1 aromatic carbocycles. The molecule has 0 radical (unpaired) electrons. The molecular weight excluding hydrogens is 194 g/mol. The van der Waals surface area contributed by atoms with Gasteiger partial charge in [0.25, 0.3) is 0 Å². The lowest BCUT2D eigenvalue weighted by Gasteiger charge is -2.05. The van der Waals surface area contributed by atoms with E-state index in [0.717, 1.165) is 0 Å². The van der Waals surface area contributed by atoms with E-state index in [1.165, 1.54) is 7.11 Å². The van der Waals surface area contributed by atoms with Crippen molar-refractivity contribution in [1.82, 2.24) is 0 Å². The Morgan fingerprint density at radius 3 is 2.27 bits per heavy atom. The van der Waals surface area contributed by atoms with Gasteiger partial charge in [-0.2, -0.15) is 0 Å². The molecule has 0 saturated carbocycles. The van der Waals surface area contributed by atoms with Crippen molar-refractivity contribution in [3.05, 3.63) is 35.4 Å². The number of carbonyl (C=O) groups is 1. The van der Waals surface area contributed by atoms with Crippen LogP contribution < -0.4 is 0 Å². The summed E-state index contributed by atoms with van der Waals surface area (Å²) in [5.41, 5.74) is 1.11. The molecule has 0 unspecified atom stereocenters. The van der Waals surface area contributed by atoms with Crippen molar-refractivity contribution in [2.75, 3.05) is 13.7 Å². The molecule has 0 spiro atoms. The monoisotopic (exact) mass is 207 g/mol. The Labute approximate surface area is 88.3 Å². The van der Waals surface area contributed by atoms with Crippen LogP contribution in [0.25, 0.3) is 0 Å². The fourth-order valence-electron chi connectivity index (χ4n) is 1.10. The van der Waals surface area contributed by atoms with Gasteiger partial charge in [-0.3, -0.25) is 5.41 Å². The summed E-state index contributed by atoms with van der Waals surface area (Å²) in [5.74, 6) is -0.279. The van der Waals surface area contributed by atoms with Crippen molar-refractivity contribution in [2.45, 2.75) is 6.92 Å². The smallest absolute Gasteiger partial charge is 0.337 e. The van der Waals surface area contributed by atoms with E-state index in [0.29, 0.717) is 17.7 Å². The molecule has 4 heteroatoms. The van der Waals surface area contributed by atoms with Gasteiger partial charge in [-0.25, -0.2) is 4.79 Å². The highest BCUT2D eigenvalue weighted by Crippen LogP contribution is 2.06. The number of methoxy groups -OCH3 is 1. The molecule has 1 aromatic rings. The van der Waals surface area contributed by atoms with Crippen molar-refractivity contribution in [1.29, 1.82) is 5.41 Å². The maximum absolute atomic E-state index is 11.1. The summed E-state index contributed by atoms with van der Waals surface area (Å²) in [4.78, 5) is 11.1. The van der Waals surface area contributed by atoms with Crippen LogP contribution in [0.2, 0.25) is 0 Å². The number of hydrogen-bond donors (Lipinski definition) is 1. The molecule has 4 nitrogen and oxygen atoms in total. The molecule has 80 valence electrons. The molecule has 15 heavy (non-hydrogen) atoms. The average Bonchev–Trinajstić information content (AvgIpc) is 2.28. The summed E-state index contributed by atoms with van der Waals surface area (Å²) < 4.78 is 9.58. The summed E-state index contributed by atoms with van der Waals surface area (Å²) in [6, 6.07) is 6.53. The zero-order valence-corrected chi connectivity index (χ0v) is 8.74. The highest BCUT2D eigenvalue weighted by atomic mass is 16.5. The van der Waals surface area contributed by atoms with Crippen molar-refractivity contribution in [3.63, 3.8) is 0 Å². The SMILES string of the molecule is CCOC(=N)c1ccc(C(=O)OC)cc1. The van der Waals surface area contributed by atoms with Crippen molar-refractivity contribution in [3.8, 4) is 0 Å². The first-order chi connectivity index (χ1) is 7.19. The van der Waals surface area contributed by atoms with Gasteiger partial charge in [0.15, 0.2) is 0 Å². The largest absolute Gasteiger partial charge is 0.478 e. The van der Waals surface area contributed by atoms with Gasteiger partial charge in [-0.05, 0) is 31.2 Å². The third-order valence-corrected chi connectivity index (χ3v) is 1.86. The molecule has 0 atom stereocenters. The van der Waals surface area contributed by atoms with Crippen LogP contribution in [-0.4, -0.2) is 25.6 Å². The standard InChI is InChI=1S/C11H13NO3/c1-3-15-10(12)8-4-6-9(7-5-8)11(13)14-2/h4-7,12H,3H2,1-2H3. The third kappa shape index (κ3) is 2.80. The van der Waals surface area contributed by atoms with Crippen molar-refractivity contribution in [2.24, 2.45) is 0 Å². The fraction of sp³-hybridized carbons (Fsp3) is 0.273. The second-order valence-electron chi connectivity index (χ2n) is 2.83. The lowest BCUT2D eigenvalue weighted by atomic mass is 10.1. The minimum atomic E-state index is -0.385. The van der Waals surface area contributed by atoms with Crippen LogP contribution >= 0.6 is 0 Å². The predicted molar refractivity (Wildman–Crippen MR) is 56.2 cm³/mol. The second-order valence-corrected chi connectivity index (χ2v) is 2.83. The normalized spacial score (nSPS) is 9.47. The van der Waals surface area contributed by atoms with Crippen LogP contribution in [0, 0.1) is 5.41 Å². The molecule has 0 aliphatic rings. The van der Waals surface area contributed by atoms with Gasteiger partial charge in [0.1, 0.15) is 0 Å². The molecular formula is C11H13NO3. The van der Waals surface area contributed by atoms with Crippen LogP contribution in [-0.2, 0) is 9.47 Å². The number of ether oxygens (including phenoxy) is 2. The van der Waals surface area contributed by atoms with E-state index in [1.807, 2.05) is 6.92 Å². The van der Waals surface area contributed by atoms with Crippen molar-refractivity contribution >= 4 is 11.9 Å². The lowest BCUT2D eigenvalue weighted by molar-refractivity contribution is 0.0600. The van der Waals surface area contributed by atoms with E-state index in [4.69, 9.17) is 10.1 Å². The van der Waals surface area contributed by atoms with Crippen LogP contribution in [0.15, 0.2) is 24.3 Å². The molecule has 0 heterocycles. The van der Waals surface area contributed by atoms with E-state index >= 15 is 0 Å². The summed E-state index contributed by atoms with van der Waals surface area (Å²) >= 11 is 0. The Balaban J connectivity index is 2.80. The number of carbonyl (C=O) groups excluding carboxylic acids is 1. The number of rotatable bonds is 3. The van der Waals surface area contributed by atoms with Gasteiger partial charge in [0.05, 0.1) is 19.3 Å². The highest BCUT2D eigenvalue weighted by molar-refractivity contribution is 5.94. The lowest BCUT2D eigenvalue weighted by Crippen LogP contribution is -2.06. The minimum absolute atomic E-state index is 0.105. The van der Waals surface area contributed by atoms with Gasteiger partial charge in [-0.15, -0.1) is 0 Å². The molecule has 1 rings (SSSR count). The van der Waals surface area contributed by atoms with Gasteiger partial charge in [0.2, 0.25) is 5.90 Å². The maximum Gasteiger partial charge on any atom is 0.337 e. The maximum atomic E-state index is 11.1. The Hall–Kier alpha value is -1.84. The Morgan fingerprint density at radius 2 is 1.80 bits per heavy atom. The minimum Gasteiger partial charge on any atom is -0.478 e. The van der Waals surface area contributed by atoms with E-state index in [1.54, 1.807) is 24.3 Å². The topological polar surface area (TPSA) is 59.4 Å². The molecule has 0 bridgehead atoms. The molecule has 0 fully saturated rings. The van der Waals surface area contributed by atoms with Crippen molar-refractivity contribution < 1.29 is 14.3 Å². The number of benzene rings is 1. The third-order valence-electron chi connectivity index (χ3n) is 1.86. The van der Waals surface area contributed by atoms with Crippen LogP contribution in [0.3, 0.4) is 0 Å². The molecule has 0 saturated heterocycles. The number of esters is 1. The van der Waals surface area contributed by atoms with Crippen LogP contribution in [0.4, 0.5) is 0 Å². The zero-order valence-electron chi connectivity index (χ0n) is 8.74. The van der Waals surface area contributed by atoms with Gasteiger partial charge in [0, 0.05) is 5.56 Å². The Kier molecular flexibility index (Phi) is 3.85. The van der Waals surface area contributed by atoms with E-state index < -0.39 is 0 Å². The highest BCUT2D eigenvalue weighted by Gasteiger charge is 2.06. The molecule has 1 N–H and O–H groups in total. The summed E-state index contributed by atoms with van der Waals surface area (Å²) in [6.45, 7) is 2.27. The molecule has 0 aliphatic heterocycles. The Morgan fingerprint density at radius 1 is 1.27 bits per heavy atom. The summed E-state index contributed by atoms with van der Waals surface area (Å²) in [6.07, 6.45) is 0. The van der Waals surface area contributed by atoms with Crippen LogP contribution in [0.5, 0.6) is 0 Å². The van der Waals surface area contributed by atoms with Gasteiger partial charge in [-0.1, -0.05) is 0 Å². The first-order valence-electron chi connectivity index (χ1n) is 4.59. The summed E-state index contributed by atoms with van der Waals surface area (Å²) in [7, 11) is 1.33. The zero-order chi connectivity index (χ0) is 11.3. The quantitative estimate of drug-likeness (QED) is 0.467. The molecule has 0 aromatic heterocycles. The number of nitrogens with one attached hydrogen (secondary N) is 1. The fourth-order valence-corrected chi connectivity index (χ4v) is 1.10. The van der Waals surface area contributed by atoms with Gasteiger partial charge < -0.3 is 9.47 Å². The average molecular weight is 207 g/mol. The first kappa shape index (κ1) is 11.2. The molecule has 0 amide bonds. The number of hydrogen-bond acceptors (Lipinski definition) is 4. The van der Waals surface area contributed by atoms with E-state index in [9.17, 15) is 4.79 Å².